The quantitative estimate of drug-likeness (QED) is 0.861. The summed E-state index contributed by atoms with van der Waals surface area (Å²) in [6.07, 6.45) is 4.06. The molecule has 0 aliphatic rings. The molecule has 0 bridgehead atoms. The summed E-state index contributed by atoms with van der Waals surface area (Å²) in [4.78, 5) is 0. The van der Waals surface area contributed by atoms with Gasteiger partial charge in [0.05, 0.1) is 17.9 Å². The van der Waals surface area contributed by atoms with Gasteiger partial charge in [0.2, 0.25) is 0 Å². The van der Waals surface area contributed by atoms with Gasteiger partial charge < -0.3 is 5.32 Å². The summed E-state index contributed by atoms with van der Waals surface area (Å²) in [7, 11) is 1.93. The van der Waals surface area contributed by atoms with Crippen molar-refractivity contribution in [2.24, 2.45) is 13.0 Å². The maximum atomic E-state index is 4.54. The molecule has 5 heteroatoms. The largest absolute Gasteiger partial charge is 0.312 e. The molecular formula is C14H23N5. The molecule has 19 heavy (non-hydrogen) atoms. The van der Waals surface area contributed by atoms with E-state index in [0.717, 1.165) is 31.0 Å². The van der Waals surface area contributed by atoms with Crippen LogP contribution in [0.5, 0.6) is 0 Å². The van der Waals surface area contributed by atoms with Crippen molar-refractivity contribution in [2.75, 3.05) is 6.54 Å². The SMILES string of the molecule is Cc1nn(Cc2ccn(C)n2)cc1CNCC(C)C. The highest BCUT2D eigenvalue weighted by Crippen LogP contribution is 2.07. The molecule has 1 N–H and O–H groups in total. The molecule has 0 aromatic carbocycles. The number of rotatable bonds is 6. The van der Waals surface area contributed by atoms with Crippen molar-refractivity contribution < 1.29 is 0 Å². The normalized spacial score (nSPS) is 11.4. The van der Waals surface area contributed by atoms with E-state index in [0.29, 0.717) is 5.92 Å². The fraction of sp³-hybridized carbons (Fsp3) is 0.571. The van der Waals surface area contributed by atoms with Gasteiger partial charge in [-0.1, -0.05) is 13.8 Å². The summed E-state index contributed by atoms with van der Waals surface area (Å²) < 4.78 is 3.78. The molecule has 5 nitrogen and oxygen atoms in total. The molecule has 0 amide bonds. The van der Waals surface area contributed by atoms with Crippen LogP contribution < -0.4 is 5.32 Å². The first-order valence-electron chi connectivity index (χ1n) is 6.76. The lowest BCUT2D eigenvalue weighted by atomic mass is 10.2. The number of nitrogens with one attached hydrogen (secondary N) is 1. The van der Waals surface area contributed by atoms with Crippen molar-refractivity contribution >= 4 is 0 Å². The lowest BCUT2D eigenvalue weighted by Crippen LogP contribution is -2.19. The molecule has 104 valence electrons. The monoisotopic (exact) mass is 261 g/mol. The molecule has 0 aliphatic carbocycles. The van der Waals surface area contributed by atoms with Gasteiger partial charge >= 0.3 is 0 Å². The van der Waals surface area contributed by atoms with Crippen molar-refractivity contribution in [3.8, 4) is 0 Å². The van der Waals surface area contributed by atoms with Crippen LogP contribution in [-0.4, -0.2) is 26.1 Å². The van der Waals surface area contributed by atoms with Crippen molar-refractivity contribution in [1.82, 2.24) is 24.9 Å². The minimum atomic E-state index is 0.670. The molecular weight excluding hydrogens is 238 g/mol. The number of nitrogens with zero attached hydrogens (tertiary/aromatic N) is 4. The van der Waals surface area contributed by atoms with E-state index in [1.165, 1.54) is 5.56 Å². The van der Waals surface area contributed by atoms with Crippen LogP contribution in [0.25, 0.3) is 0 Å². The Labute approximate surface area is 114 Å². The Hall–Kier alpha value is -1.62. The smallest absolute Gasteiger partial charge is 0.0850 e. The fourth-order valence-corrected chi connectivity index (χ4v) is 2.02. The van der Waals surface area contributed by atoms with E-state index in [1.54, 1.807) is 0 Å². The third kappa shape index (κ3) is 3.92. The number of hydrogen-bond acceptors (Lipinski definition) is 3. The lowest BCUT2D eigenvalue weighted by Gasteiger charge is -2.05. The van der Waals surface area contributed by atoms with Crippen LogP contribution in [0.4, 0.5) is 0 Å². The Morgan fingerprint density at radius 1 is 1.32 bits per heavy atom. The van der Waals surface area contributed by atoms with E-state index < -0.39 is 0 Å². The van der Waals surface area contributed by atoms with Gasteiger partial charge in [-0.15, -0.1) is 0 Å². The van der Waals surface area contributed by atoms with Crippen molar-refractivity contribution in [3.05, 3.63) is 35.4 Å². The zero-order valence-electron chi connectivity index (χ0n) is 12.2. The third-order valence-corrected chi connectivity index (χ3v) is 3.01. The Kier molecular flexibility index (Phi) is 4.37. The molecule has 0 radical (unpaired) electrons. The van der Waals surface area contributed by atoms with Gasteiger partial charge in [-0.2, -0.15) is 10.2 Å². The van der Waals surface area contributed by atoms with Gasteiger partial charge in [-0.05, 0) is 25.5 Å². The molecule has 0 atom stereocenters. The molecule has 0 saturated heterocycles. The highest BCUT2D eigenvalue weighted by molar-refractivity contribution is 5.16. The van der Waals surface area contributed by atoms with Gasteiger partial charge in [0.25, 0.3) is 0 Å². The van der Waals surface area contributed by atoms with E-state index in [1.807, 2.05) is 28.7 Å². The topological polar surface area (TPSA) is 47.7 Å². The number of aryl methyl sites for hydroxylation is 2. The Morgan fingerprint density at radius 3 is 2.74 bits per heavy atom. The Morgan fingerprint density at radius 2 is 2.11 bits per heavy atom. The molecule has 2 rings (SSSR count). The van der Waals surface area contributed by atoms with Crippen LogP contribution in [0.15, 0.2) is 18.5 Å². The van der Waals surface area contributed by atoms with Gasteiger partial charge in [0, 0.05) is 31.5 Å². The van der Waals surface area contributed by atoms with E-state index >= 15 is 0 Å². The number of hydrogen-bond donors (Lipinski definition) is 1. The second-order valence-electron chi connectivity index (χ2n) is 5.44. The van der Waals surface area contributed by atoms with Crippen LogP contribution in [0, 0.1) is 12.8 Å². The standard InChI is InChI=1S/C14H23N5/c1-11(2)7-15-8-13-9-19(16-12(13)3)10-14-5-6-18(4)17-14/h5-6,9,11,15H,7-8,10H2,1-4H3. The van der Waals surface area contributed by atoms with E-state index in [4.69, 9.17) is 0 Å². The first kappa shape index (κ1) is 13.8. The summed E-state index contributed by atoms with van der Waals surface area (Å²) in [5.41, 5.74) is 3.38. The fourth-order valence-electron chi connectivity index (χ4n) is 2.02. The lowest BCUT2D eigenvalue weighted by molar-refractivity contribution is 0.551. The van der Waals surface area contributed by atoms with E-state index in [9.17, 15) is 0 Å². The maximum absolute atomic E-state index is 4.54. The third-order valence-electron chi connectivity index (χ3n) is 3.01. The van der Waals surface area contributed by atoms with E-state index in [-0.39, 0.29) is 0 Å². The predicted octanol–water partition coefficient (Wildman–Crippen LogP) is 1.72. The van der Waals surface area contributed by atoms with Gasteiger partial charge in [0.1, 0.15) is 0 Å². The first-order chi connectivity index (χ1) is 9.04. The predicted molar refractivity (Wildman–Crippen MR) is 75.8 cm³/mol. The summed E-state index contributed by atoms with van der Waals surface area (Å²) >= 11 is 0. The van der Waals surface area contributed by atoms with Gasteiger partial charge in [-0.3, -0.25) is 9.36 Å². The first-order valence-corrected chi connectivity index (χ1v) is 6.76. The molecule has 2 aromatic heterocycles. The second kappa shape index (κ2) is 6.02. The summed E-state index contributed by atoms with van der Waals surface area (Å²) in [6, 6.07) is 2.02. The zero-order chi connectivity index (χ0) is 13.8. The Bertz CT molecular complexity index is 524. The minimum absolute atomic E-state index is 0.670. The van der Waals surface area contributed by atoms with Crippen LogP contribution >= 0.6 is 0 Å². The summed E-state index contributed by atoms with van der Waals surface area (Å²) in [6.45, 7) is 9.12. The Balaban J connectivity index is 1.96. The summed E-state index contributed by atoms with van der Waals surface area (Å²) in [5, 5.41) is 12.4. The van der Waals surface area contributed by atoms with Crippen LogP contribution in [0.1, 0.15) is 30.8 Å². The minimum Gasteiger partial charge on any atom is -0.312 e. The van der Waals surface area contributed by atoms with Gasteiger partial charge in [0.15, 0.2) is 0 Å². The van der Waals surface area contributed by atoms with Crippen molar-refractivity contribution in [1.29, 1.82) is 0 Å². The van der Waals surface area contributed by atoms with Gasteiger partial charge in [-0.25, -0.2) is 0 Å². The van der Waals surface area contributed by atoms with Crippen LogP contribution in [-0.2, 0) is 20.1 Å². The zero-order valence-corrected chi connectivity index (χ0v) is 12.2. The van der Waals surface area contributed by atoms with E-state index in [2.05, 4.69) is 42.5 Å². The highest BCUT2D eigenvalue weighted by atomic mass is 15.3. The molecule has 0 saturated carbocycles. The summed E-state index contributed by atoms with van der Waals surface area (Å²) in [5.74, 6) is 0.670. The molecule has 2 aromatic rings. The van der Waals surface area contributed by atoms with Crippen LogP contribution in [0.2, 0.25) is 0 Å². The highest BCUT2D eigenvalue weighted by Gasteiger charge is 2.06. The molecule has 0 unspecified atom stereocenters. The average Bonchev–Trinajstić information content (AvgIpc) is 2.86. The maximum Gasteiger partial charge on any atom is 0.0850 e. The molecule has 0 aliphatic heterocycles. The molecule has 0 spiro atoms. The second-order valence-corrected chi connectivity index (χ2v) is 5.44. The molecule has 2 heterocycles. The molecule has 0 fully saturated rings. The number of aromatic nitrogens is 4. The van der Waals surface area contributed by atoms with Crippen molar-refractivity contribution in [2.45, 2.75) is 33.9 Å². The van der Waals surface area contributed by atoms with Crippen molar-refractivity contribution in [3.63, 3.8) is 0 Å². The average molecular weight is 261 g/mol. The van der Waals surface area contributed by atoms with Crippen LogP contribution in [0.3, 0.4) is 0 Å².